The maximum atomic E-state index is 10.3. The van der Waals surface area contributed by atoms with Gasteiger partial charge in [-0.15, -0.1) is 0 Å². The molecule has 0 amide bonds. The molecule has 6 heteroatoms. The Morgan fingerprint density at radius 1 is 1.71 bits per heavy atom. The third-order valence-electron chi connectivity index (χ3n) is 2.32. The lowest BCUT2D eigenvalue weighted by Gasteiger charge is -2.31. The van der Waals surface area contributed by atoms with Crippen molar-refractivity contribution in [3.05, 3.63) is 0 Å². The molecule has 1 atom stereocenters. The fourth-order valence-electron chi connectivity index (χ4n) is 1.55. The zero-order valence-electron chi connectivity index (χ0n) is 7.99. The van der Waals surface area contributed by atoms with Crippen LogP contribution in [0.25, 0.3) is 0 Å². The van der Waals surface area contributed by atoms with Crippen molar-refractivity contribution in [1.29, 1.82) is 5.41 Å². The molecule has 0 radical (unpaired) electrons. The Morgan fingerprint density at radius 2 is 2.43 bits per heavy atom. The van der Waals surface area contributed by atoms with Gasteiger partial charge in [0.05, 0.1) is 5.84 Å². The van der Waals surface area contributed by atoms with Gasteiger partial charge in [-0.05, 0) is 12.8 Å². The molecule has 0 saturated carbocycles. The van der Waals surface area contributed by atoms with E-state index in [0.717, 1.165) is 19.4 Å². The number of aliphatic carboxylic acids is 1. The van der Waals surface area contributed by atoms with Gasteiger partial charge in [-0.2, -0.15) is 0 Å². The number of rotatable bonds is 4. The van der Waals surface area contributed by atoms with Gasteiger partial charge >= 0.3 is 5.97 Å². The first kappa shape index (κ1) is 10.9. The summed E-state index contributed by atoms with van der Waals surface area (Å²) in [5.74, 6) is -0.633. The fraction of sp³-hybridized carbons (Fsp3) is 0.750. The monoisotopic (exact) mass is 200 g/mol. The molecule has 1 heterocycles. The van der Waals surface area contributed by atoms with Crippen molar-refractivity contribution < 1.29 is 9.90 Å². The van der Waals surface area contributed by atoms with Gasteiger partial charge in [0.25, 0.3) is 0 Å². The van der Waals surface area contributed by atoms with Crippen molar-refractivity contribution in [3.63, 3.8) is 0 Å². The molecule has 80 valence electrons. The van der Waals surface area contributed by atoms with Crippen LogP contribution in [0.2, 0.25) is 0 Å². The first-order valence-corrected chi connectivity index (χ1v) is 4.63. The second-order valence-electron chi connectivity index (χ2n) is 3.47. The SMILES string of the molecule is N=C(N)C1CCCN(NCC(=O)O)C1. The van der Waals surface area contributed by atoms with Crippen LogP contribution in [-0.2, 0) is 4.79 Å². The third-order valence-corrected chi connectivity index (χ3v) is 2.32. The Balaban J connectivity index is 2.32. The number of hydrazine groups is 1. The standard InChI is InChI=1S/C8H16N4O2/c9-8(10)6-2-1-3-12(5-6)11-4-7(13)14/h6,11H,1-5H2,(H3,9,10)(H,13,14). The smallest absolute Gasteiger partial charge is 0.318 e. The molecule has 5 N–H and O–H groups in total. The number of carboxylic acids is 1. The highest BCUT2D eigenvalue weighted by molar-refractivity contribution is 5.79. The molecule has 0 bridgehead atoms. The van der Waals surface area contributed by atoms with Crippen molar-refractivity contribution in [3.8, 4) is 0 Å². The van der Waals surface area contributed by atoms with Crippen LogP contribution >= 0.6 is 0 Å². The third kappa shape index (κ3) is 3.31. The summed E-state index contributed by atoms with van der Waals surface area (Å²) in [7, 11) is 0. The molecule has 0 aromatic rings. The number of hydrogen-bond donors (Lipinski definition) is 4. The minimum absolute atomic E-state index is 0.0602. The summed E-state index contributed by atoms with van der Waals surface area (Å²) in [6, 6.07) is 0. The van der Waals surface area contributed by atoms with Gasteiger partial charge in [-0.25, -0.2) is 10.4 Å². The van der Waals surface area contributed by atoms with E-state index in [-0.39, 0.29) is 18.3 Å². The van der Waals surface area contributed by atoms with Crippen molar-refractivity contribution >= 4 is 11.8 Å². The zero-order valence-corrected chi connectivity index (χ0v) is 7.99. The summed E-state index contributed by atoms with van der Waals surface area (Å²) < 4.78 is 0. The Bertz CT molecular complexity index is 231. The first-order chi connectivity index (χ1) is 6.59. The fourth-order valence-corrected chi connectivity index (χ4v) is 1.55. The molecular weight excluding hydrogens is 184 g/mol. The highest BCUT2D eigenvalue weighted by Crippen LogP contribution is 2.13. The van der Waals surface area contributed by atoms with E-state index in [1.807, 2.05) is 5.01 Å². The summed E-state index contributed by atoms with van der Waals surface area (Å²) in [4.78, 5) is 10.3. The molecule has 1 unspecified atom stereocenters. The molecule has 0 aromatic carbocycles. The zero-order chi connectivity index (χ0) is 10.6. The van der Waals surface area contributed by atoms with E-state index >= 15 is 0 Å². The second kappa shape index (κ2) is 4.92. The number of amidine groups is 1. The van der Waals surface area contributed by atoms with Crippen molar-refractivity contribution in [1.82, 2.24) is 10.4 Å². The predicted molar refractivity (Wildman–Crippen MR) is 51.8 cm³/mol. The molecule has 1 fully saturated rings. The van der Waals surface area contributed by atoms with Crippen LogP contribution in [0.4, 0.5) is 0 Å². The van der Waals surface area contributed by atoms with E-state index in [4.69, 9.17) is 16.2 Å². The molecule has 1 aliphatic heterocycles. The van der Waals surface area contributed by atoms with Crippen LogP contribution in [0.5, 0.6) is 0 Å². The summed E-state index contributed by atoms with van der Waals surface area (Å²) in [6.45, 7) is 1.37. The van der Waals surface area contributed by atoms with Crippen molar-refractivity contribution in [2.75, 3.05) is 19.6 Å². The summed E-state index contributed by atoms with van der Waals surface area (Å²) in [5.41, 5.74) is 8.19. The van der Waals surface area contributed by atoms with Gasteiger partial charge in [-0.3, -0.25) is 10.2 Å². The number of piperidine rings is 1. The summed E-state index contributed by atoms with van der Waals surface area (Å²) in [6.07, 6.45) is 1.86. The normalized spacial score (nSPS) is 23.3. The van der Waals surface area contributed by atoms with E-state index < -0.39 is 5.97 Å². The average Bonchev–Trinajstić information content (AvgIpc) is 2.15. The lowest BCUT2D eigenvalue weighted by Crippen LogP contribution is -2.49. The molecule has 0 spiro atoms. The minimum atomic E-state index is -0.880. The van der Waals surface area contributed by atoms with Crippen LogP contribution < -0.4 is 11.2 Å². The van der Waals surface area contributed by atoms with E-state index in [2.05, 4.69) is 5.43 Å². The Morgan fingerprint density at radius 3 is 3.00 bits per heavy atom. The number of nitrogens with two attached hydrogens (primary N) is 1. The Labute approximate surface area is 82.5 Å². The highest BCUT2D eigenvalue weighted by atomic mass is 16.4. The van der Waals surface area contributed by atoms with E-state index in [1.54, 1.807) is 0 Å². The largest absolute Gasteiger partial charge is 0.480 e. The highest BCUT2D eigenvalue weighted by Gasteiger charge is 2.21. The number of hydrogen-bond acceptors (Lipinski definition) is 4. The molecule has 14 heavy (non-hydrogen) atoms. The Kier molecular flexibility index (Phi) is 3.84. The quantitative estimate of drug-likeness (QED) is 0.352. The van der Waals surface area contributed by atoms with Gasteiger partial charge in [0.15, 0.2) is 0 Å². The van der Waals surface area contributed by atoms with E-state index in [0.29, 0.717) is 6.54 Å². The minimum Gasteiger partial charge on any atom is -0.480 e. The van der Waals surface area contributed by atoms with Gasteiger partial charge in [0, 0.05) is 19.0 Å². The lowest BCUT2D eigenvalue weighted by molar-refractivity contribution is -0.137. The Hall–Kier alpha value is -1.14. The molecule has 6 nitrogen and oxygen atoms in total. The maximum absolute atomic E-state index is 10.3. The van der Waals surface area contributed by atoms with Gasteiger partial charge in [0.2, 0.25) is 0 Å². The average molecular weight is 200 g/mol. The van der Waals surface area contributed by atoms with Crippen molar-refractivity contribution in [2.45, 2.75) is 12.8 Å². The van der Waals surface area contributed by atoms with Gasteiger partial charge in [0.1, 0.15) is 6.54 Å². The maximum Gasteiger partial charge on any atom is 0.318 e. The number of carboxylic acid groups (broad SMARTS) is 1. The van der Waals surface area contributed by atoms with Gasteiger partial charge < -0.3 is 10.8 Å². The van der Waals surface area contributed by atoms with Crippen LogP contribution in [0.15, 0.2) is 0 Å². The van der Waals surface area contributed by atoms with Crippen molar-refractivity contribution in [2.24, 2.45) is 11.7 Å². The number of nitrogens with zero attached hydrogens (tertiary/aromatic N) is 1. The topological polar surface area (TPSA) is 102 Å². The van der Waals surface area contributed by atoms with E-state index in [1.165, 1.54) is 0 Å². The van der Waals surface area contributed by atoms with Crippen LogP contribution in [0.1, 0.15) is 12.8 Å². The van der Waals surface area contributed by atoms with E-state index in [9.17, 15) is 4.79 Å². The van der Waals surface area contributed by atoms with Gasteiger partial charge in [-0.1, -0.05) is 0 Å². The number of nitrogens with one attached hydrogen (secondary N) is 2. The molecular formula is C8H16N4O2. The summed E-state index contributed by atoms with van der Waals surface area (Å²) >= 11 is 0. The van der Waals surface area contributed by atoms with Crippen LogP contribution in [0.3, 0.4) is 0 Å². The number of carbonyl (C=O) groups is 1. The first-order valence-electron chi connectivity index (χ1n) is 4.63. The van der Waals surface area contributed by atoms with Crippen LogP contribution in [-0.4, -0.2) is 41.6 Å². The second-order valence-corrected chi connectivity index (χ2v) is 3.47. The predicted octanol–water partition coefficient (Wildman–Crippen LogP) is -0.776. The van der Waals surface area contributed by atoms with Crippen LogP contribution in [0, 0.1) is 11.3 Å². The lowest BCUT2D eigenvalue weighted by atomic mass is 9.98. The molecule has 0 aliphatic carbocycles. The molecule has 1 rings (SSSR count). The molecule has 1 saturated heterocycles. The molecule has 1 aliphatic rings. The summed E-state index contributed by atoms with van der Waals surface area (Å²) in [5, 5.41) is 17.6. The molecule has 0 aromatic heterocycles.